The fraction of sp³-hybridized carbons (Fsp3) is 0.111. The van der Waals surface area contributed by atoms with Crippen LogP contribution in [-0.4, -0.2) is 23.6 Å². The molecule has 0 fully saturated rings. The number of fused-ring (bicyclic) bond motifs is 1. The highest BCUT2D eigenvalue weighted by Gasteiger charge is 2.14. The summed E-state index contributed by atoms with van der Waals surface area (Å²) in [5.74, 6) is -1.70. The standard InChI is InChI=1S/C18H13ClFNO5/c19-14-6-11(20)1-4-15(14)21-17(23)9-26-18(24)5-10-8-25-16-7-12(22)2-3-13(10)16/h1-4,6-8,22H,5,9H2,(H,21,23). The molecule has 0 bridgehead atoms. The Morgan fingerprint density at radius 2 is 2.04 bits per heavy atom. The van der Waals surface area contributed by atoms with Crippen LogP contribution in [-0.2, 0) is 20.7 Å². The number of anilines is 1. The van der Waals surface area contributed by atoms with E-state index >= 15 is 0 Å². The van der Waals surface area contributed by atoms with Crippen molar-refractivity contribution in [3.63, 3.8) is 0 Å². The highest BCUT2D eigenvalue weighted by atomic mass is 35.5. The van der Waals surface area contributed by atoms with E-state index in [0.29, 0.717) is 16.5 Å². The number of esters is 1. The quantitative estimate of drug-likeness (QED) is 0.662. The van der Waals surface area contributed by atoms with E-state index in [9.17, 15) is 19.1 Å². The lowest BCUT2D eigenvalue weighted by Crippen LogP contribution is -2.21. The second-order valence-corrected chi connectivity index (χ2v) is 5.86. The van der Waals surface area contributed by atoms with Crippen molar-refractivity contribution in [3.8, 4) is 5.75 Å². The fourth-order valence-electron chi connectivity index (χ4n) is 2.34. The van der Waals surface area contributed by atoms with Crippen LogP contribution in [0.15, 0.2) is 47.1 Å². The van der Waals surface area contributed by atoms with Gasteiger partial charge in [-0.25, -0.2) is 4.39 Å². The smallest absolute Gasteiger partial charge is 0.310 e. The van der Waals surface area contributed by atoms with Gasteiger partial charge in [0, 0.05) is 17.0 Å². The molecular weight excluding hydrogens is 365 g/mol. The summed E-state index contributed by atoms with van der Waals surface area (Å²) in [6.45, 7) is -0.511. The molecule has 0 spiro atoms. The number of benzene rings is 2. The number of phenols is 1. The third-order valence-electron chi connectivity index (χ3n) is 3.54. The first kappa shape index (κ1) is 17.8. The van der Waals surface area contributed by atoms with E-state index in [-0.39, 0.29) is 22.9 Å². The van der Waals surface area contributed by atoms with Crippen molar-refractivity contribution >= 4 is 40.1 Å². The molecule has 0 unspecified atom stereocenters. The number of rotatable bonds is 5. The summed E-state index contributed by atoms with van der Waals surface area (Å²) in [5, 5.41) is 12.5. The van der Waals surface area contributed by atoms with Gasteiger partial charge in [-0.05, 0) is 30.3 Å². The molecular formula is C18H13ClFNO5. The zero-order valence-corrected chi connectivity index (χ0v) is 14.0. The average Bonchev–Trinajstić information content (AvgIpc) is 2.97. The Bertz CT molecular complexity index is 985. The Kier molecular flexibility index (Phi) is 5.09. The third-order valence-corrected chi connectivity index (χ3v) is 3.86. The Balaban J connectivity index is 1.55. The van der Waals surface area contributed by atoms with Crippen LogP contribution in [0.1, 0.15) is 5.56 Å². The van der Waals surface area contributed by atoms with Crippen molar-refractivity contribution in [3.05, 3.63) is 59.1 Å². The molecule has 0 aliphatic carbocycles. The number of nitrogens with one attached hydrogen (secondary N) is 1. The van der Waals surface area contributed by atoms with Crippen molar-refractivity contribution in [2.45, 2.75) is 6.42 Å². The highest BCUT2D eigenvalue weighted by molar-refractivity contribution is 6.33. The molecule has 0 aliphatic rings. The minimum atomic E-state index is -0.624. The first-order valence-electron chi connectivity index (χ1n) is 7.52. The number of aromatic hydroxyl groups is 1. The number of amides is 1. The number of carbonyl (C=O) groups excluding carboxylic acids is 2. The van der Waals surface area contributed by atoms with Crippen LogP contribution >= 0.6 is 11.6 Å². The molecule has 6 nitrogen and oxygen atoms in total. The van der Waals surface area contributed by atoms with Crippen LogP contribution in [0.25, 0.3) is 11.0 Å². The summed E-state index contributed by atoms with van der Waals surface area (Å²) >= 11 is 5.81. The number of hydrogen-bond acceptors (Lipinski definition) is 5. The Hall–Kier alpha value is -3.06. The molecule has 1 aromatic heterocycles. The molecule has 0 atom stereocenters. The summed E-state index contributed by atoms with van der Waals surface area (Å²) in [5.41, 5.74) is 1.23. The Morgan fingerprint density at radius 1 is 1.23 bits per heavy atom. The van der Waals surface area contributed by atoms with E-state index in [4.69, 9.17) is 20.8 Å². The lowest BCUT2D eigenvalue weighted by atomic mass is 10.1. The predicted octanol–water partition coefficient (Wildman–Crippen LogP) is 3.66. The first-order chi connectivity index (χ1) is 12.4. The van der Waals surface area contributed by atoms with Crippen molar-refractivity contribution in [1.82, 2.24) is 0 Å². The van der Waals surface area contributed by atoms with Crippen LogP contribution in [0.3, 0.4) is 0 Å². The van der Waals surface area contributed by atoms with Gasteiger partial charge < -0.3 is 19.6 Å². The van der Waals surface area contributed by atoms with Crippen molar-refractivity contribution in [2.24, 2.45) is 0 Å². The van der Waals surface area contributed by atoms with Gasteiger partial charge in [0.25, 0.3) is 5.91 Å². The van der Waals surface area contributed by atoms with E-state index in [1.165, 1.54) is 24.5 Å². The second kappa shape index (κ2) is 7.45. The van der Waals surface area contributed by atoms with Gasteiger partial charge in [0.05, 0.1) is 23.4 Å². The summed E-state index contributed by atoms with van der Waals surface area (Å²) < 4.78 is 23.2. The molecule has 134 valence electrons. The fourth-order valence-corrected chi connectivity index (χ4v) is 2.55. The molecule has 1 amide bonds. The lowest BCUT2D eigenvalue weighted by Gasteiger charge is -2.08. The average molecular weight is 378 g/mol. The minimum Gasteiger partial charge on any atom is -0.508 e. The van der Waals surface area contributed by atoms with Gasteiger partial charge in [-0.2, -0.15) is 0 Å². The number of ether oxygens (including phenoxy) is 1. The predicted molar refractivity (Wildman–Crippen MR) is 92.6 cm³/mol. The molecule has 1 heterocycles. The van der Waals surface area contributed by atoms with Gasteiger partial charge in [-0.3, -0.25) is 9.59 Å². The van der Waals surface area contributed by atoms with Crippen LogP contribution in [0.4, 0.5) is 10.1 Å². The first-order valence-corrected chi connectivity index (χ1v) is 7.90. The van der Waals surface area contributed by atoms with E-state index < -0.39 is 24.3 Å². The molecule has 0 saturated heterocycles. The van der Waals surface area contributed by atoms with Crippen LogP contribution in [0.2, 0.25) is 5.02 Å². The van der Waals surface area contributed by atoms with Gasteiger partial charge in [-0.1, -0.05) is 11.6 Å². The minimum absolute atomic E-state index is 0.0396. The summed E-state index contributed by atoms with van der Waals surface area (Å²) in [4.78, 5) is 23.7. The summed E-state index contributed by atoms with van der Waals surface area (Å²) in [6.07, 6.45) is 1.30. The summed E-state index contributed by atoms with van der Waals surface area (Å²) in [7, 11) is 0. The molecule has 2 aromatic carbocycles. The third kappa shape index (κ3) is 4.12. The number of phenolic OH excluding ortho intramolecular Hbond substituents is 1. The molecule has 0 radical (unpaired) electrons. The maximum atomic E-state index is 13.0. The van der Waals surface area contributed by atoms with Gasteiger partial charge in [0.2, 0.25) is 0 Å². The summed E-state index contributed by atoms with van der Waals surface area (Å²) in [6, 6.07) is 8.06. The molecule has 3 aromatic rings. The number of halogens is 2. The van der Waals surface area contributed by atoms with Gasteiger partial charge in [0.1, 0.15) is 17.1 Å². The number of hydrogen-bond donors (Lipinski definition) is 2. The Morgan fingerprint density at radius 3 is 2.81 bits per heavy atom. The Labute approximate surface area is 152 Å². The topological polar surface area (TPSA) is 88.8 Å². The maximum Gasteiger partial charge on any atom is 0.310 e. The second-order valence-electron chi connectivity index (χ2n) is 5.45. The van der Waals surface area contributed by atoms with Crippen molar-refractivity contribution in [1.29, 1.82) is 0 Å². The SMILES string of the molecule is O=C(COC(=O)Cc1coc2cc(O)ccc12)Nc1ccc(F)cc1Cl. The normalized spacial score (nSPS) is 10.7. The van der Waals surface area contributed by atoms with Gasteiger partial charge in [-0.15, -0.1) is 0 Å². The van der Waals surface area contributed by atoms with E-state index in [2.05, 4.69) is 5.32 Å². The lowest BCUT2D eigenvalue weighted by molar-refractivity contribution is -0.146. The maximum absolute atomic E-state index is 13.0. The zero-order valence-electron chi connectivity index (χ0n) is 13.3. The van der Waals surface area contributed by atoms with Crippen molar-refractivity contribution < 1.29 is 28.2 Å². The van der Waals surface area contributed by atoms with E-state index in [0.717, 1.165) is 12.1 Å². The zero-order chi connectivity index (χ0) is 18.7. The van der Waals surface area contributed by atoms with Crippen LogP contribution < -0.4 is 5.32 Å². The molecule has 0 aliphatic heterocycles. The van der Waals surface area contributed by atoms with E-state index in [1.54, 1.807) is 6.07 Å². The number of carbonyl (C=O) groups is 2. The van der Waals surface area contributed by atoms with Crippen molar-refractivity contribution in [2.75, 3.05) is 11.9 Å². The largest absolute Gasteiger partial charge is 0.508 e. The van der Waals surface area contributed by atoms with Gasteiger partial charge >= 0.3 is 5.97 Å². The molecule has 26 heavy (non-hydrogen) atoms. The van der Waals surface area contributed by atoms with Crippen LogP contribution in [0.5, 0.6) is 5.75 Å². The number of furan rings is 1. The highest BCUT2D eigenvalue weighted by Crippen LogP contribution is 2.25. The van der Waals surface area contributed by atoms with Gasteiger partial charge in [0.15, 0.2) is 6.61 Å². The molecule has 2 N–H and O–H groups in total. The monoisotopic (exact) mass is 377 g/mol. The van der Waals surface area contributed by atoms with E-state index in [1.807, 2.05) is 0 Å². The molecule has 0 saturated carbocycles. The molecule has 3 rings (SSSR count). The van der Waals surface area contributed by atoms with Crippen LogP contribution in [0, 0.1) is 5.82 Å². The molecule has 8 heteroatoms.